The molecule has 1 aliphatic rings. The van der Waals surface area contributed by atoms with Crippen molar-refractivity contribution in [2.45, 2.75) is 54.8 Å². The number of thioether (sulfide) groups is 1. The summed E-state index contributed by atoms with van der Waals surface area (Å²) < 4.78 is 70.0. The molecule has 0 aliphatic carbocycles. The lowest BCUT2D eigenvalue weighted by molar-refractivity contribution is -0.117. The first kappa shape index (κ1) is 33.2. The number of nitrogens with zero attached hydrogens (tertiary/aromatic N) is 3. The number of imidazole rings is 1. The van der Waals surface area contributed by atoms with E-state index in [1.807, 2.05) is 23.3 Å². The monoisotopic (exact) mass is 675 g/mol. The third-order valence-electron chi connectivity index (χ3n) is 8.10. The summed E-state index contributed by atoms with van der Waals surface area (Å²) in [6.45, 7) is 7.10. The Morgan fingerprint density at radius 2 is 1.69 bits per heavy atom. The zero-order chi connectivity index (χ0) is 32.5. The zero-order valence-electron chi connectivity index (χ0n) is 25.1. The van der Waals surface area contributed by atoms with E-state index in [9.17, 15) is 26.4 Å². The molecule has 1 fully saturated rings. The molecule has 0 atom stereocenters. The maximum atomic E-state index is 14.2. The van der Waals surface area contributed by atoms with Gasteiger partial charge in [-0.3, -0.25) is 14.3 Å². The van der Waals surface area contributed by atoms with Crippen molar-refractivity contribution in [2.24, 2.45) is 0 Å². The summed E-state index contributed by atoms with van der Waals surface area (Å²) in [5, 5.41) is 0.764. The Balaban J connectivity index is 1.41. The van der Waals surface area contributed by atoms with Crippen molar-refractivity contribution in [3.05, 3.63) is 106 Å². The highest BCUT2D eigenvalue weighted by atomic mass is 35.5. The SMILES string of the molecule is Cc1cc(-n2c(C(C)(C)c3ccc(F)c(F)c3)cnc2SCc2ccc(S(=O)(=O)CC(=O)CN3CCCC3)cc2Cl)ccc1F. The van der Waals surface area contributed by atoms with Gasteiger partial charge >= 0.3 is 0 Å². The van der Waals surface area contributed by atoms with Gasteiger partial charge in [0.2, 0.25) is 0 Å². The zero-order valence-corrected chi connectivity index (χ0v) is 27.5. The van der Waals surface area contributed by atoms with E-state index in [1.54, 1.807) is 31.3 Å². The van der Waals surface area contributed by atoms with Crippen LogP contribution in [0.4, 0.5) is 13.2 Å². The van der Waals surface area contributed by atoms with Crippen molar-refractivity contribution in [1.29, 1.82) is 0 Å². The topological polar surface area (TPSA) is 72.3 Å². The highest BCUT2D eigenvalue weighted by Crippen LogP contribution is 2.38. The molecule has 4 aromatic rings. The first-order chi connectivity index (χ1) is 21.3. The Bertz CT molecular complexity index is 1860. The molecular weight excluding hydrogens is 643 g/mol. The van der Waals surface area contributed by atoms with Gasteiger partial charge in [0.05, 0.1) is 23.3 Å². The number of benzene rings is 3. The second-order valence-corrected chi connectivity index (χ2v) is 15.1. The van der Waals surface area contributed by atoms with Crippen LogP contribution in [-0.2, 0) is 25.8 Å². The molecule has 3 aromatic carbocycles. The summed E-state index contributed by atoms with van der Waals surface area (Å²) >= 11 is 7.88. The first-order valence-electron chi connectivity index (χ1n) is 14.4. The van der Waals surface area contributed by atoms with E-state index in [0.717, 1.165) is 38.1 Å². The normalized spacial score (nSPS) is 14.3. The minimum absolute atomic E-state index is 0.0186. The number of sulfone groups is 1. The Kier molecular flexibility index (Phi) is 9.84. The van der Waals surface area contributed by atoms with Crippen LogP contribution in [0.1, 0.15) is 49.1 Å². The second-order valence-electron chi connectivity index (χ2n) is 11.8. The van der Waals surface area contributed by atoms with E-state index in [1.165, 1.54) is 36.0 Å². The number of halogens is 4. The average molecular weight is 676 g/mol. The van der Waals surface area contributed by atoms with E-state index in [2.05, 4.69) is 4.98 Å². The van der Waals surface area contributed by atoms with Gasteiger partial charge in [0.1, 0.15) is 11.6 Å². The highest BCUT2D eigenvalue weighted by Gasteiger charge is 2.31. The predicted octanol–water partition coefficient (Wildman–Crippen LogP) is 7.31. The van der Waals surface area contributed by atoms with Gasteiger partial charge in [-0.2, -0.15) is 0 Å². The van der Waals surface area contributed by atoms with Crippen molar-refractivity contribution in [1.82, 2.24) is 14.5 Å². The Labute approximate surface area is 270 Å². The molecule has 1 aliphatic heterocycles. The van der Waals surface area contributed by atoms with Gasteiger partial charge in [-0.1, -0.05) is 49.3 Å². The van der Waals surface area contributed by atoms with Gasteiger partial charge in [0.25, 0.3) is 0 Å². The Morgan fingerprint density at radius 1 is 0.978 bits per heavy atom. The number of carbonyl (C=O) groups is 1. The molecule has 1 saturated heterocycles. The largest absolute Gasteiger partial charge is 0.297 e. The quantitative estimate of drug-likeness (QED) is 0.155. The number of rotatable bonds is 11. The molecule has 2 heterocycles. The van der Waals surface area contributed by atoms with Gasteiger partial charge in [0, 0.05) is 21.9 Å². The van der Waals surface area contributed by atoms with Crippen LogP contribution >= 0.6 is 23.4 Å². The van der Waals surface area contributed by atoms with E-state index in [0.29, 0.717) is 39.0 Å². The molecule has 5 rings (SSSR count). The summed E-state index contributed by atoms with van der Waals surface area (Å²) in [5.74, 6) is -2.90. The summed E-state index contributed by atoms with van der Waals surface area (Å²) in [7, 11) is -3.87. The molecule has 238 valence electrons. The van der Waals surface area contributed by atoms with Crippen molar-refractivity contribution in [3.63, 3.8) is 0 Å². The average Bonchev–Trinajstić information content (AvgIpc) is 3.65. The Morgan fingerprint density at radius 3 is 2.36 bits per heavy atom. The lowest BCUT2D eigenvalue weighted by Gasteiger charge is -2.27. The number of Topliss-reactive ketones (excluding diaryl/α,β-unsaturated/α-hetero) is 1. The van der Waals surface area contributed by atoms with Gasteiger partial charge in [-0.15, -0.1) is 0 Å². The van der Waals surface area contributed by atoms with E-state index in [4.69, 9.17) is 11.6 Å². The fourth-order valence-electron chi connectivity index (χ4n) is 5.44. The van der Waals surface area contributed by atoms with Crippen molar-refractivity contribution >= 4 is 39.0 Å². The van der Waals surface area contributed by atoms with E-state index >= 15 is 0 Å². The van der Waals surface area contributed by atoms with E-state index in [-0.39, 0.29) is 28.1 Å². The number of hydrogen-bond donors (Lipinski definition) is 0. The lowest BCUT2D eigenvalue weighted by atomic mass is 9.81. The molecule has 45 heavy (non-hydrogen) atoms. The smallest absolute Gasteiger partial charge is 0.185 e. The molecule has 1 aromatic heterocycles. The predicted molar refractivity (Wildman–Crippen MR) is 170 cm³/mol. The van der Waals surface area contributed by atoms with Crippen LogP contribution in [0.15, 0.2) is 70.8 Å². The van der Waals surface area contributed by atoms with Crippen LogP contribution in [0, 0.1) is 24.4 Å². The highest BCUT2D eigenvalue weighted by molar-refractivity contribution is 7.98. The Hall–Kier alpha value is -3.12. The molecule has 6 nitrogen and oxygen atoms in total. The first-order valence-corrected chi connectivity index (χ1v) is 17.5. The second kappa shape index (κ2) is 13.3. The van der Waals surface area contributed by atoms with Crippen molar-refractivity contribution in [2.75, 3.05) is 25.4 Å². The van der Waals surface area contributed by atoms with Crippen molar-refractivity contribution < 1.29 is 26.4 Å². The third-order valence-corrected chi connectivity index (χ3v) is 11.1. The van der Waals surface area contributed by atoms with Crippen molar-refractivity contribution in [3.8, 4) is 5.69 Å². The summed E-state index contributed by atoms with van der Waals surface area (Å²) in [5.41, 5.74) is 2.06. The summed E-state index contributed by atoms with van der Waals surface area (Å²) in [6, 6.07) is 12.9. The minimum Gasteiger partial charge on any atom is -0.297 e. The number of carbonyl (C=O) groups excluding carboxylic acids is 1. The van der Waals surface area contributed by atoms with Crippen LogP contribution in [0.5, 0.6) is 0 Å². The number of likely N-dealkylation sites (tertiary alicyclic amines) is 1. The van der Waals surface area contributed by atoms with Gasteiger partial charge in [0.15, 0.2) is 32.4 Å². The fourth-order valence-corrected chi connectivity index (χ4v) is 8.08. The number of hydrogen-bond acceptors (Lipinski definition) is 6. The molecule has 0 amide bonds. The number of aryl methyl sites for hydroxylation is 1. The van der Waals surface area contributed by atoms with E-state index < -0.39 is 32.6 Å². The number of ketones is 1. The molecule has 0 radical (unpaired) electrons. The van der Waals surface area contributed by atoms with Gasteiger partial charge in [-0.05, 0) is 92.0 Å². The molecule has 0 spiro atoms. The minimum atomic E-state index is -3.87. The van der Waals surface area contributed by atoms with Gasteiger partial charge in [-0.25, -0.2) is 26.6 Å². The van der Waals surface area contributed by atoms with Gasteiger partial charge < -0.3 is 0 Å². The lowest BCUT2D eigenvalue weighted by Crippen LogP contribution is -2.30. The maximum Gasteiger partial charge on any atom is 0.185 e. The molecular formula is C33H33ClF3N3O3S2. The third kappa shape index (κ3) is 7.32. The molecule has 12 heteroatoms. The van der Waals surface area contributed by atoms with Crippen LogP contribution in [0.3, 0.4) is 0 Å². The van der Waals surface area contributed by atoms with Crippen LogP contribution in [0.2, 0.25) is 5.02 Å². The maximum absolute atomic E-state index is 14.2. The molecule has 0 unspecified atom stereocenters. The molecule has 0 saturated carbocycles. The fraction of sp³-hybridized carbons (Fsp3) is 0.333. The standard InChI is InChI=1S/C33H33ClF3N3O3S2/c1-21-14-24(8-11-28(21)35)40-31(33(2,3)23-7-10-29(36)30(37)15-23)17-38-32(40)44-19-22-6-9-26(16-27(22)34)45(42,43)20-25(41)18-39-12-4-5-13-39/h6-11,14-17H,4-5,12-13,18-20H2,1-3H3. The molecule has 0 bridgehead atoms. The van der Waals surface area contributed by atoms with Crippen LogP contribution < -0.4 is 0 Å². The van der Waals surface area contributed by atoms with Crippen LogP contribution in [0.25, 0.3) is 5.69 Å². The number of aromatic nitrogens is 2. The summed E-state index contributed by atoms with van der Waals surface area (Å²) in [6.07, 6.45) is 3.66. The van der Waals surface area contributed by atoms with Crippen LogP contribution in [-0.4, -0.2) is 54.0 Å². The summed E-state index contributed by atoms with van der Waals surface area (Å²) in [4.78, 5) is 19.0. The molecule has 0 N–H and O–H groups in total.